The van der Waals surface area contributed by atoms with Gasteiger partial charge in [0.05, 0.1) is 12.0 Å². The van der Waals surface area contributed by atoms with Gasteiger partial charge < -0.3 is 21.3 Å². The Morgan fingerprint density at radius 1 is 1.07 bits per heavy atom. The molecule has 0 bridgehead atoms. The molecule has 2 atom stereocenters. The van der Waals surface area contributed by atoms with E-state index in [9.17, 15) is 24.0 Å². The molecule has 234 valence electrons. The Bertz CT molecular complexity index is 2050. The topological polar surface area (TPSA) is 156 Å². The average Bonchev–Trinajstić information content (AvgIpc) is 3.70. The molecule has 0 fully saturated rings. The molecule has 3 aromatic carbocycles. The van der Waals surface area contributed by atoms with Crippen LogP contribution in [0.2, 0.25) is 0 Å². The molecule has 4 aromatic rings. The van der Waals surface area contributed by atoms with Gasteiger partial charge in [-0.1, -0.05) is 30.3 Å². The number of hydrogen-bond acceptors (Lipinski definition) is 8. The molecule has 3 heterocycles. The summed E-state index contributed by atoms with van der Waals surface area (Å²) in [5.41, 5.74) is 12.2. The molecule has 4 N–H and O–H groups in total. The van der Waals surface area contributed by atoms with Crippen LogP contribution in [0.3, 0.4) is 0 Å². The summed E-state index contributed by atoms with van der Waals surface area (Å²) < 4.78 is 1.73. The first-order valence-electron chi connectivity index (χ1n) is 15.5. The minimum absolute atomic E-state index is 0.0255. The maximum absolute atomic E-state index is 13.7. The van der Waals surface area contributed by atoms with Crippen LogP contribution in [-0.2, 0) is 41.9 Å². The number of rotatable bonds is 7. The molecule has 1 aromatic heterocycles. The SMILES string of the molecule is CC(=O)c1ccc2c(c1C)CC[C@@H]2NC(=O)C1=CC(C(=O)NCc2ccc3c(c2)CN(c2c(N)c(=O)c2=O)CC3)Cc2nccn21. The van der Waals surface area contributed by atoms with Crippen molar-refractivity contribution >= 4 is 34.7 Å². The summed E-state index contributed by atoms with van der Waals surface area (Å²) >= 11 is 0. The van der Waals surface area contributed by atoms with Crippen molar-refractivity contribution in [1.29, 1.82) is 0 Å². The molecule has 0 saturated heterocycles. The van der Waals surface area contributed by atoms with Crippen molar-refractivity contribution in [2.45, 2.75) is 58.7 Å². The van der Waals surface area contributed by atoms with Gasteiger partial charge in [0.15, 0.2) is 5.78 Å². The van der Waals surface area contributed by atoms with Crippen LogP contribution in [0, 0.1) is 12.8 Å². The lowest BCUT2D eigenvalue weighted by molar-refractivity contribution is -0.123. The van der Waals surface area contributed by atoms with Gasteiger partial charge in [0.1, 0.15) is 22.9 Å². The second-order valence-corrected chi connectivity index (χ2v) is 12.4. The van der Waals surface area contributed by atoms with Crippen molar-refractivity contribution in [3.05, 3.63) is 114 Å². The third kappa shape index (κ3) is 4.92. The maximum Gasteiger partial charge on any atom is 0.268 e. The molecule has 3 aliphatic rings. The predicted molar refractivity (Wildman–Crippen MR) is 173 cm³/mol. The highest BCUT2D eigenvalue weighted by atomic mass is 16.2. The van der Waals surface area contributed by atoms with Gasteiger partial charge in [0, 0.05) is 44.0 Å². The van der Waals surface area contributed by atoms with Gasteiger partial charge >= 0.3 is 0 Å². The Kier molecular flexibility index (Phi) is 7.18. The monoisotopic (exact) mass is 618 g/mol. The summed E-state index contributed by atoms with van der Waals surface area (Å²) in [6.45, 7) is 4.87. The fraction of sp³-hybridized carbons (Fsp3) is 0.314. The first-order valence-corrected chi connectivity index (χ1v) is 15.5. The third-order valence-corrected chi connectivity index (χ3v) is 9.67. The number of hydrogen-bond donors (Lipinski definition) is 3. The zero-order chi connectivity index (χ0) is 32.3. The summed E-state index contributed by atoms with van der Waals surface area (Å²) in [5, 5.41) is 6.18. The standard InChI is InChI=1S/C35H34N6O5/c1-18-24(19(2)42)5-6-26-25(18)7-8-27(26)39-35(46)28-14-22(15-29-37-10-12-41(28)29)34(45)38-16-20-3-4-21-9-11-40(17-23(21)13-20)31-30(36)32(43)33(31)44/h3-6,10,12-14,22,27H,7-9,11,15-17,36H2,1-2H3,(H,38,45)(H,39,46)/t22?,27-/m0/s1. The van der Waals surface area contributed by atoms with Crippen molar-refractivity contribution in [1.82, 2.24) is 20.2 Å². The van der Waals surface area contributed by atoms with E-state index in [2.05, 4.69) is 15.6 Å². The van der Waals surface area contributed by atoms with E-state index in [-0.39, 0.29) is 35.9 Å². The number of fused-ring (bicyclic) bond motifs is 3. The Balaban J connectivity index is 1.04. The fourth-order valence-corrected chi connectivity index (χ4v) is 7.17. The van der Waals surface area contributed by atoms with Crippen LogP contribution < -0.4 is 32.1 Å². The van der Waals surface area contributed by atoms with Gasteiger partial charge in [-0.2, -0.15) is 0 Å². The number of anilines is 2. The highest BCUT2D eigenvalue weighted by Gasteiger charge is 2.32. The van der Waals surface area contributed by atoms with E-state index < -0.39 is 16.8 Å². The van der Waals surface area contributed by atoms with Crippen molar-refractivity contribution in [2.24, 2.45) is 5.92 Å². The van der Waals surface area contributed by atoms with Crippen LogP contribution in [-0.4, -0.2) is 33.7 Å². The number of carbonyl (C=O) groups is 3. The minimum Gasteiger partial charge on any atom is -0.394 e. The minimum atomic E-state index is -0.625. The van der Waals surface area contributed by atoms with Gasteiger partial charge in [-0.3, -0.25) is 28.5 Å². The molecular formula is C35H34N6O5. The molecule has 2 amide bonds. The number of ketones is 1. The Hall–Kier alpha value is -5.32. The lowest BCUT2D eigenvalue weighted by Crippen LogP contribution is -2.44. The highest BCUT2D eigenvalue weighted by molar-refractivity contribution is 6.14. The molecule has 46 heavy (non-hydrogen) atoms. The largest absolute Gasteiger partial charge is 0.394 e. The number of benzene rings is 2. The predicted octanol–water partition coefficient (Wildman–Crippen LogP) is 2.27. The quantitative estimate of drug-likeness (QED) is 0.210. The number of nitrogens with two attached hydrogens (primary N) is 1. The van der Waals surface area contributed by atoms with E-state index >= 15 is 0 Å². The number of amides is 2. The van der Waals surface area contributed by atoms with Crippen LogP contribution in [0.1, 0.15) is 68.9 Å². The van der Waals surface area contributed by atoms with Crippen molar-refractivity contribution in [2.75, 3.05) is 17.2 Å². The summed E-state index contributed by atoms with van der Waals surface area (Å²) in [5.74, 6) is -0.428. The summed E-state index contributed by atoms with van der Waals surface area (Å²) in [4.78, 5) is 69.1. The number of nitrogens with zero attached hydrogens (tertiary/aromatic N) is 3. The lowest BCUT2D eigenvalue weighted by Gasteiger charge is -2.32. The van der Waals surface area contributed by atoms with E-state index in [1.54, 1.807) is 30.0 Å². The Morgan fingerprint density at radius 3 is 2.67 bits per heavy atom. The second-order valence-electron chi connectivity index (χ2n) is 12.4. The first-order chi connectivity index (χ1) is 22.1. The van der Waals surface area contributed by atoms with Crippen molar-refractivity contribution in [3.63, 3.8) is 0 Å². The highest BCUT2D eigenvalue weighted by Crippen LogP contribution is 2.35. The Labute approximate surface area is 264 Å². The number of aromatic nitrogens is 2. The second kappa shape index (κ2) is 11.2. The number of carbonyl (C=O) groups excluding carboxylic acids is 3. The zero-order valence-corrected chi connectivity index (χ0v) is 25.7. The molecular weight excluding hydrogens is 584 g/mol. The smallest absolute Gasteiger partial charge is 0.268 e. The van der Waals surface area contributed by atoms with Gasteiger partial charge in [0.25, 0.3) is 16.8 Å². The Morgan fingerprint density at radius 2 is 1.89 bits per heavy atom. The molecule has 11 nitrogen and oxygen atoms in total. The van der Waals surface area contributed by atoms with E-state index in [0.29, 0.717) is 42.3 Å². The number of Topliss-reactive ketones (excluding diaryl/α,β-unsaturated/α-hetero) is 1. The van der Waals surface area contributed by atoms with Crippen molar-refractivity contribution < 1.29 is 14.4 Å². The molecule has 0 saturated carbocycles. The molecule has 11 heteroatoms. The van der Waals surface area contributed by atoms with Gasteiger partial charge in [-0.05, 0) is 72.6 Å². The average molecular weight is 619 g/mol. The first kappa shape index (κ1) is 29.4. The van der Waals surface area contributed by atoms with Crippen LogP contribution in [0.5, 0.6) is 0 Å². The van der Waals surface area contributed by atoms with Gasteiger partial charge in [-0.15, -0.1) is 0 Å². The number of nitrogen functional groups attached to an aromatic ring is 1. The van der Waals surface area contributed by atoms with E-state index in [1.165, 1.54) is 0 Å². The van der Waals surface area contributed by atoms with Crippen LogP contribution >= 0.6 is 0 Å². The van der Waals surface area contributed by atoms with E-state index in [1.807, 2.05) is 42.2 Å². The lowest BCUT2D eigenvalue weighted by atomic mass is 9.95. The van der Waals surface area contributed by atoms with Gasteiger partial charge in [0.2, 0.25) is 5.91 Å². The molecule has 1 aliphatic carbocycles. The molecule has 2 aliphatic heterocycles. The van der Waals surface area contributed by atoms with Gasteiger partial charge in [-0.25, -0.2) is 4.98 Å². The van der Waals surface area contributed by atoms with E-state index in [0.717, 1.165) is 52.6 Å². The molecule has 0 spiro atoms. The normalized spacial score (nSPS) is 18.4. The summed E-state index contributed by atoms with van der Waals surface area (Å²) in [7, 11) is 0. The number of nitrogens with one attached hydrogen (secondary N) is 2. The molecule has 7 rings (SSSR count). The third-order valence-electron chi connectivity index (χ3n) is 9.67. The molecule has 0 radical (unpaired) electrons. The molecule has 1 unspecified atom stereocenters. The van der Waals surface area contributed by atoms with Crippen molar-refractivity contribution in [3.8, 4) is 0 Å². The van der Waals surface area contributed by atoms with Crippen LogP contribution in [0.4, 0.5) is 11.4 Å². The summed E-state index contributed by atoms with van der Waals surface area (Å²) in [6.07, 6.45) is 7.65. The maximum atomic E-state index is 13.7. The van der Waals surface area contributed by atoms with E-state index in [4.69, 9.17) is 5.73 Å². The number of imidazole rings is 1. The van der Waals surface area contributed by atoms with Crippen LogP contribution in [0.15, 0.2) is 58.4 Å². The fourth-order valence-electron chi connectivity index (χ4n) is 7.17. The zero-order valence-electron chi connectivity index (χ0n) is 25.7. The van der Waals surface area contributed by atoms with Crippen LogP contribution in [0.25, 0.3) is 5.70 Å². The summed E-state index contributed by atoms with van der Waals surface area (Å²) in [6, 6.07) is 9.58.